The van der Waals surface area contributed by atoms with Crippen molar-refractivity contribution in [2.24, 2.45) is 11.8 Å². The van der Waals surface area contributed by atoms with Crippen LogP contribution >= 0.6 is 11.6 Å². The molecule has 1 aliphatic heterocycles. The lowest BCUT2D eigenvalue weighted by molar-refractivity contribution is -0.140. The fraction of sp³-hybridized carbons (Fsp3) is 0.436. The van der Waals surface area contributed by atoms with Gasteiger partial charge < -0.3 is 15.1 Å². The summed E-state index contributed by atoms with van der Waals surface area (Å²) in [6.07, 6.45) is -1.09. The number of benzene rings is 3. The summed E-state index contributed by atoms with van der Waals surface area (Å²) in [6, 6.07) is 19.8. The van der Waals surface area contributed by atoms with Crippen LogP contribution in [0.2, 0.25) is 5.02 Å². The molecule has 2 amide bonds. The number of carbonyl (C=O) groups excluding carboxylic acids is 2. The molecule has 262 valence electrons. The summed E-state index contributed by atoms with van der Waals surface area (Å²) in [7, 11) is 0. The summed E-state index contributed by atoms with van der Waals surface area (Å²) >= 11 is 6.14. The molecule has 2 unspecified atom stereocenters. The molecule has 2 aliphatic rings. The molecule has 1 aliphatic carbocycles. The number of likely N-dealkylation sites (N-methyl/N-ethyl adjacent to an activating group) is 1. The first-order chi connectivity index (χ1) is 23.5. The molecule has 1 N–H and O–H groups in total. The lowest BCUT2D eigenvalue weighted by atomic mass is 9.75. The van der Waals surface area contributed by atoms with Gasteiger partial charge in [0.05, 0.1) is 5.56 Å². The molecule has 4 atom stereocenters. The Morgan fingerprint density at radius 1 is 0.939 bits per heavy atom. The van der Waals surface area contributed by atoms with Crippen molar-refractivity contribution in [2.45, 2.75) is 51.4 Å². The average Bonchev–Trinajstić information content (AvgIpc) is 3.11. The zero-order valence-corrected chi connectivity index (χ0v) is 29.0. The van der Waals surface area contributed by atoms with E-state index in [1.54, 1.807) is 29.2 Å². The highest BCUT2D eigenvalue weighted by Crippen LogP contribution is 2.37. The van der Waals surface area contributed by atoms with Crippen LogP contribution in [0, 0.1) is 11.8 Å². The lowest BCUT2D eigenvalue weighted by Crippen LogP contribution is -2.57. The number of hydrogen-bond donors (Lipinski definition) is 1. The van der Waals surface area contributed by atoms with Crippen LogP contribution in [-0.4, -0.2) is 78.4 Å². The van der Waals surface area contributed by atoms with Gasteiger partial charge in [-0.3, -0.25) is 14.5 Å². The highest BCUT2D eigenvalue weighted by atomic mass is 35.5. The molecular weight excluding hydrogens is 649 g/mol. The molecule has 0 saturated carbocycles. The maximum absolute atomic E-state index is 14.2. The van der Waals surface area contributed by atoms with Crippen LogP contribution in [0.1, 0.15) is 47.7 Å². The molecule has 49 heavy (non-hydrogen) atoms. The average molecular weight is 695 g/mol. The fourth-order valence-corrected chi connectivity index (χ4v) is 7.39. The molecule has 1 heterocycles. The second-order valence-electron chi connectivity index (χ2n) is 13.0. The zero-order chi connectivity index (χ0) is 35.1. The number of carbonyl (C=O) groups is 2. The summed E-state index contributed by atoms with van der Waals surface area (Å²) in [4.78, 5) is 34.1. The third-order valence-electron chi connectivity index (χ3n) is 10.2. The van der Waals surface area contributed by atoms with E-state index in [4.69, 9.17) is 11.6 Å². The first kappa shape index (κ1) is 36.6. The lowest BCUT2D eigenvalue weighted by Gasteiger charge is -2.42. The molecule has 0 aromatic heterocycles. The first-order valence-corrected chi connectivity index (χ1v) is 17.6. The zero-order valence-electron chi connectivity index (χ0n) is 28.3. The molecule has 0 spiro atoms. The van der Waals surface area contributed by atoms with Gasteiger partial charge in [-0.05, 0) is 72.3 Å². The van der Waals surface area contributed by atoms with Gasteiger partial charge in [-0.15, -0.1) is 6.58 Å². The number of piperazine rings is 1. The number of nitrogens with one attached hydrogen (secondary N) is 1. The van der Waals surface area contributed by atoms with Gasteiger partial charge in [-0.2, -0.15) is 13.2 Å². The van der Waals surface area contributed by atoms with Crippen LogP contribution in [0.25, 0.3) is 0 Å². The SMILES string of the molecule is C=C[C@@H]1Cc2ccccc2CC1C(=O)N[C@H](Cc1ccc(Cl)cc1)C(=O)N1CCN(C(CN(CC)CC)c2ccccc2C(F)(F)F)CC1. The smallest absolute Gasteiger partial charge is 0.344 e. The summed E-state index contributed by atoms with van der Waals surface area (Å²) in [5.74, 6) is -0.815. The molecule has 1 fully saturated rings. The molecule has 5 rings (SSSR count). The minimum absolute atomic E-state index is 0.0629. The third-order valence-corrected chi connectivity index (χ3v) is 10.4. The van der Waals surface area contributed by atoms with Crippen molar-refractivity contribution in [3.63, 3.8) is 0 Å². The number of nitrogens with zero attached hydrogens (tertiary/aromatic N) is 3. The van der Waals surface area contributed by atoms with E-state index < -0.39 is 23.8 Å². The number of rotatable bonds is 12. The van der Waals surface area contributed by atoms with E-state index in [0.29, 0.717) is 63.7 Å². The Hall–Kier alpha value is -3.66. The molecule has 10 heteroatoms. The maximum Gasteiger partial charge on any atom is 0.416 e. The van der Waals surface area contributed by atoms with E-state index in [1.807, 2.05) is 50.3 Å². The van der Waals surface area contributed by atoms with Crippen molar-refractivity contribution < 1.29 is 22.8 Å². The molecule has 0 radical (unpaired) electrons. The van der Waals surface area contributed by atoms with Gasteiger partial charge >= 0.3 is 6.18 Å². The largest absolute Gasteiger partial charge is 0.416 e. The van der Waals surface area contributed by atoms with Gasteiger partial charge in [-0.25, -0.2) is 0 Å². The summed E-state index contributed by atoms with van der Waals surface area (Å²) in [5.41, 5.74) is 2.82. The second kappa shape index (κ2) is 16.4. The normalized spacial score (nSPS) is 19.6. The summed E-state index contributed by atoms with van der Waals surface area (Å²) in [5, 5.41) is 3.69. The molecular formula is C39H46ClF3N4O2. The number of alkyl halides is 3. The topological polar surface area (TPSA) is 55.9 Å². The van der Waals surface area contributed by atoms with Gasteiger partial charge in [0, 0.05) is 56.1 Å². The Morgan fingerprint density at radius 3 is 2.16 bits per heavy atom. The summed E-state index contributed by atoms with van der Waals surface area (Å²) in [6.45, 7) is 11.4. The van der Waals surface area contributed by atoms with Crippen LogP contribution in [-0.2, 0) is 35.0 Å². The molecule has 6 nitrogen and oxygen atoms in total. The van der Waals surface area contributed by atoms with Crippen molar-refractivity contribution in [3.8, 4) is 0 Å². The Morgan fingerprint density at radius 2 is 1.55 bits per heavy atom. The van der Waals surface area contributed by atoms with Crippen LogP contribution in [0.5, 0.6) is 0 Å². The Kier molecular flexibility index (Phi) is 12.2. The Balaban J connectivity index is 1.35. The van der Waals surface area contributed by atoms with E-state index in [-0.39, 0.29) is 35.6 Å². The van der Waals surface area contributed by atoms with Crippen molar-refractivity contribution >= 4 is 23.4 Å². The van der Waals surface area contributed by atoms with Crippen LogP contribution in [0.3, 0.4) is 0 Å². The van der Waals surface area contributed by atoms with Crippen LogP contribution in [0.15, 0.2) is 85.5 Å². The molecule has 3 aromatic carbocycles. The Labute approximate surface area is 292 Å². The predicted octanol–water partition coefficient (Wildman–Crippen LogP) is 6.83. The maximum atomic E-state index is 14.2. The standard InChI is InChI=1S/C39H46ClF3N4O2/c1-4-28-24-29-11-7-8-12-30(29)25-33(28)37(48)44-35(23-27-15-17-31(40)18-16-27)38(49)47-21-19-46(20-22-47)36(26-45(5-2)6-3)32-13-9-10-14-34(32)39(41,42)43/h4,7-18,28,33,35-36H,1,5-6,19-26H2,2-3H3,(H,44,48)/t28-,33?,35-,36?/m1/s1. The quantitative estimate of drug-likeness (QED) is 0.211. The van der Waals surface area contributed by atoms with Crippen LogP contribution < -0.4 is 5.32 Å². The van der Waals surface area contributed by atoms with Crippen molar-refractivity contribution in [1.82, 2.24) is 20.0 Å². The van der Waals surface area contributed by atoms with E-state index in [0.717, 1.165) is 17.2 Å². The van der Waals surface area contributed by atoms with E-state index >= 15 is 0 Å². The second-order valence-corrected chi connectivity index (χ2v) is 13.5. The predicted molar refractivity (Wildman–Crippen MR) is 188 cm³/mol. The van der Waals surface area contributed by atoms with Gasteiger partial charge in [-0.1, -0.05) is 86.1 Å². The van der Waals surface area contributed by atoms with Crippen molar-refractivity contribution in [3.05, 3.63) is 118 Å². The first-order valence-electron chi connectivity index (χ1n) is 17.2. The number of amides is 2. The van der Waals surface area contributed by atoms with Gasteiger partial charge in [0.25, 0.3) is 0 Å². The third kappa shape index (κ3) is 8.93. The Bertz CT molecular complexity index is 1590. The monoisotopic (exact) mass is 694 g/mol. The molecule has 0 bridgehead atoms. The number of hydrogen-bond acceptors (Lipinski definition) is 4. The fourth-order valence-electron chi connectivity index (χ4n) is 7.27. The number of fused-ring (bicyclic) bond motifs is 1. The van der Waals surface area contributed by atoms with Crippen molar-refractivity contribution in [1.29, 1.82) is 0 Å². The minimum Gasteiger partial charge on any atom is -0.344 e. The van der Waals surface area contributed by atoms with Gasteiger partial charge in [0.1, 0.15) is 6.04 Å². The molecule has 3 aromatic rings. The highest BCUT2D eigenvalue weighted by molar-refractivity contribution is 6.30. The van der Waals surface area contributed by atoms with Crippen molar-refractivity contribution in [2.75, 3.05) is 45.8 Å². The van der Waals surface area contributed by atoms with Gasteiger partial charge in [0.2, 0.25) is 11.8 Å². The minimum atomic E-state index is -4.48. The number of halogens is 4. The highest BCUT2D eigenvalue weighted by Gasteiger charge is 2.39. The van der Waals surface area contributed by atoms with Crippen LogP contribution in [0.4, 0.5) is 13.2 Å². The van der Waals surface area contributed by atoms with E-state index in [1.165, 1.54) is 11.6 Å². The summed E-state index contributed by atoms with van der Waals surface area (Å²) < 4.78 is 42.5. The molecule has 1 saturated heterocycles. The van der Waals surface area contributed by atoms with Gasteiger partial charge in [0.15, 0.2) is 0 Å². The van der Waals surface area contributed by atoms with E-state index in [9.17, 15) is 22.8 Å². The number of allylic oxidation sites excluding steroid dienone is 1. The van der Waals surface area contributed by atoms with E-state index in [2.05, 4.69) is 27.8 Å².